The molecule has 0 spiro atoms. The topological polar surface area (TPSA) is 172 Å². The third kappa shape index (κ3) is 12.9. The van der Waals surface area contributed by atoms with E-state index in [0.717, 1.165) is 69.4 Å². The van der Waals surface area contributed by atoms with Crippen LogP contribution in [0.3, 0.4) is 0 Å². The number of anilines is 2. The SMILES string of the molecule is Cc1ccc(CC(=O)c2ccc(C(=N)N3CCCC3)cc2F)c(C(=O)Nc2ccc(Cl)cn2)c1.Cc1ccc(CC(=O)c2ccc(C(=N)N3CCCCC3)cc2F)c(C(=O)Nc2ccc(Cl)cn2)c1. The van der Waals surface area contributed by atoms with Gasteiger partial charge >= 0.3 is 0 Å². The average molecular weight is 972 g/mol. The summed E-state index contributed by atoms with van der Waals surface area (Å²) in [5, 5.41) is 23.0. The Morgan fingerprint density at radius 1 is 0.536 bits per heavy atom. The van der Waals surface area contributed by atoms with E-state index in [2.05, 4.69) is 20.6 Å². The van der Waals surface area contributed by atoms with Gasteiger partial charge in [-0.2, -0.15) is 0 Å². The minimum Gasteiger partial charge on any atom is -0.357 e. The largest absolute Gasteiger partial charge is 0.357 e. The van der Waals surface area contributed by atoms with Crippen LogP contribution in [-0.4, -0.2) is 81.0 Å². The molecule has 0 unspecified atom stereocenters. The molecule has 0 bridgehead atoms. The van der Waals surface area contributed by atoms with Crippen molar-refractivity contribution in [2.24, 2.45) is 0 Å². The van der Waals surface area contributed by atoms with Crippen molar-refractivity contribution in [2.75, 3.05) is 36.8 Å². The van der Waals surface area contributed by atoms with E-state index in [9.17, 15) is 28.0 Å². The molecule has 4 N–H and O–H groups in total. The summed E-state index contributed by atoms with van der Waals surface area (Å²) in [6.07, 6.45) is 7.77. The Balaban J connectivity index is 0.000000204. The van der Waals surface area contributed by atoms with Crippen LogP contribution in [0.25, 0.3) is 0 Å². The van der Waals surface area contributed by atoms with E-state index in [4.69, 9.17) is 34.0 Å². The van der Waals surface area contributed by atoms with Crippen LogP contribution in [0.4, 0.5) is 20.4 Å². The summed E-state index contributed by atoms with van der Waals surface area (Å²) in [6.45, 7) is 6.82. The second kappa shape index (κ2) is 22.8. The van der Waals surface area contributed by atoms with Crippen molar-refractivity contribution in [3.05, 3.63) is 187 Å². The number of nitrogens with zero attached hydrogens (tertiary/aromatic N) is 4. The number of pyridine rings is 2. The number of aromatic nitrogens is 2. The van der Waals surface area contributed by atoms with Gasteiger partial charge in [0.1, 0.15) is 34.9 Å². The van der Waals surface area contributed by atoms with Crippen LogP contribution in [0.5, 0.6) is 0 Å². The number of amides is 2. The maximum Gasteiger partial charge on any atom is 0.257 e. The quantitative estimate of drug-likeness (QED) is 0.0533. The number of rotatable bonds is 12. The highest BCUT2D eigenvalue weighted by atomic mass is 35.5. The molecule has 6 aromatic rings. The van der Waals surface area contributed by atoms with Crippen molar-refractivity contribution >= 4 is 69.9 Å². The number of likely N-dealkylation sites (tertiary alicyclic amines) is 2. The number of nitrogens with one attached hydrogen (secondary N) is 4. The summed E-state index contributed by atoms with van der Waals surface area (Å²) >= 11 is 11.7. The first-order chi connectivity index (χ1) is 33.1. The number of carbonyl (C=O) groups is 4. The van der Waals surface area contributed by atoms with Gasteiger partial charge < -0.3 is 20.4 Å². The van der Waals surface area contributed by atoms with Gasteiger partial charge in [-0.15, -0.1) is 0 Å². The first-order valence-electron chi connectivity index (χ1n) is 22.5. The molecular weight excluding hydrogens is 922 g/mol. The zero-order valence-corrected chi connectivity index (χ0v) is 39.6. The van der Waals surface area contributed by atoms with Crippen LogP contribution in [0.2, 0.25) is 10.0 Å². The highest BCUT2D eigenvalue weighted by Gasteiger charge is 2.23. The Morgan fingerprint density at radius 3 is 1.29 bits per heavy atom. The standard InChI is InChI=1S/C27H26ClFN4O2.C26H24ClFN4O2/c1-17-5-6-18(22(13-17)27(35)32-25-10-8-20(28)16-31-25)15-24(34)21-9-7-19(14-23(21)29)26(30)33-11-3-2-4-12-33;1-16-4-5-17(21(12-16)26(34)31-24-9-7-19(27)15-30-24)14-23(33)20-8-6-18(13-22(20)28)25(29)32-10-2-3-11-32/h5-10,13-14,16,30H,2-4,11-12,15H2,1H3,(H,31,32,35);4-9,12-13,15,29H,2-3,10-11,14H2,1H3,(H,30,31,34). The summed E-state index contributed by atoms with van der Waals surface area (Å²) < 4.78 is 29.8. The maximum atomic E-state index is 14.9. The number of aryl methyl sites for hydroxylation is 2. The van der Waals surface area contributed by atoms with Gasteiger partial charge in [0.2, 0.25) is 0 Å². The van der Waals surface area contributed by atoms with Gasteiger partial charge in [0.05, 0.1) is 21.2 Å². The normalized spacial score (nSPS) is 13.2. The second-order valence-electron chi connectivity index (χ2n) is 17.0. The number of amidine groups is 2. The molecule has 2 amide bonds. The molecule has 0 atom stereocenters. The highest BCUT2D eigenvalue weighted by Crippen LogP contribution is 2.23. The van der Waals surface area contributed by atoms with E-state index in [1.807, 2.05) is 23.6 Å². The van der Waals surface area contributed by atoms with Crippen molar-refractivity contribution in [3.8, 4) is 0 Å². The van der Waals surface area contributed by atoms with Gasteiger partial charge in [-0.05, 0) is 118 Å². The number of ketones is 2. The molecule has 2 aliphatic rings. The van der Waals surface area contributed by atoms with Crippen molar-refractivity contribution in [1.82, 2.24) is 19.8 Å². The molecular formula is C53H50Cl2F2N8O4. The number of benzene rings is 4. The Labute approximate surface area is 409 Å². The third-order valence-corrected chi connectivity index (χ3v) is 12.3. The van der Waals surface area contributed by atoms with Gasteiger partial charge in [-0.25, -0.2) is 18.7 Å². The number of carbonyl (C=O) groups excluding carboxylic acids is 4. The van der Waals surface area contributed by atoms with Crippen LogP contribution in [0, 0.1) is 36.3 Å². The lowest BCUT2D eigenvalue weighted by molar-refractivity contribution is 0.0976. The summed E-state index contributed by atoms with van der Waals surface area (Å²) in [5.41, 5.74) is 4.07. The van der Waals surface area contributed by atoms with Gasteiger partial charge in [-0.3, -0.25) is 30.0 Å². The Bertz CT molecular complexity index is 2920. The monoisotopic (exact) mass is 970 g/mol. The minimum atomic E-state index is -0.671. The molecule has 69 heavy (non-hydrogen) atoms. The third-order valence-electron chi connectivity index (χ3n) is 11.8. The smallest absolute Gasteiger partial charge is 0.257 e. The number of piperidine rings is 1. The fraction of sp³-hybridized carbons (Fsp3) is 0.245. The van der Waals surface area contributed by atoms with Crippen LogP contribution < -0.4 is 10.6 Å². The Morgan fingerprint density at radius 2 is 0.928 bits per heavy atom. The number of hydrogen-bond acceptors (Lipinski definition) is 8. The Kier molecular flexibility index (Phi) is 16.4. The lowest BCUT2D eigenvalue weighted by Crippen LogP contribution is -2.35. The van der Waals surface area contributed by atoms with E-state index in [1.165, 1.54) is 36.7 Å². The summed E-state index contributed by atoms with van der Waals surface area (Å²) in [4.78, 5) is 63.8. The van der Waals surface area contributed by atoms with Crippen molar-refractivity contribution in [3.63, 3.8) is 0 Å². The fourth-order valence-electron chi connectivity index (χ4n) is 8.12. The van der Waals surface area contributed by atoms with E-state index in [0.29, 0.717) is 55.1 Å². The summed E-state index contributed by atoms with van der Waals surface area (Å²) in [5.74, 6) is -1.87. The second-order valence-corrected chi connectivity index (χ2v) is 17.9. The molecule has 16 heteroatoms. The van der Waals surface area contributed by atoms with E-state index in [1.54, 1.807) is 72.8 Å². The predicted molar refractivity (Wildman–Crippen MR) is 266 cm³/mol. The molecule has 0 radical (unpaired) electrons. The van der Waals surface area contributed by atoms with Gasteiger partial charge in [0, 0.05) is 73.7 Å². The van der Waals surface area contributed by atoms with Crippen LogP contribution in [0.1, 0.15) is 107 Å². The van der Waals surface area contributed by atoms with Crippen LogP contribution >= 0.6 is 23.2 Å². The van der Waals surface area contributed by atoms with E-state index in [-0.39, 0.29) is 35.6 Å². The van der Waals surface area contributed by atoms with E-state index >= 15 is 0 Å². The lowest BCUT2D eigenvalue weighted by atomic mass is 9.95. The number of hydrogen-bond donors (Lipinski definition) is 4. The number of Topliss-reactive ketones (excluding diaryl/α,β-unsaturated/α-hetero) is 2. The maximum absolute atomic E-state index is 14.9. The molecule has 0 saturated carbocycles. The molecule has 8 rings (SSSR count). The van der Waals surface area contributed by atoms with Crippen LogP contribution in [0.15, 0.2) is 109 Å². The fourth-order valence-corrected chi connectivity index (χ4v) is 8.34. The minimum absolute atomic E-state index is 0.0634. The van der Waals surface area contributed by atoms with E-state index < -0.39 is 35.0 Å². The average Bonchev–Trinajstić information content (AvgIpc) is 3.89. The van der Waals surface area contributed by atoms with Crippen molar-refractivity contribution in [2.45, 2.75) is 58.8 Å². The van der Waals surface area contributed by atoms with Crippen molar-refractivity contribution < 1.29 is 28.0 Å². The zero-order valence-electron chi connectivity index (χ0n) is 38.1. The molecule has 354 valence electrons. The summed E-state index contributed by atoms with van der Waals surface area (Å²) in [7, 11) is 0. The van der Waals surface area contributed by atoms with Gasteiger partial charge in [0.25, 0.3) is 11.8 Å². The zero-order chi connectivity index (χ0) is 49.2. The molecule has 4 aromatic carbocycles. The predicted octanol–water partition coefficient (Wildman–Crippen LogP) is 11.0. The molecule has 12 nitrogen and oxygen atoms in total. The molecule has 0 aliphatic carbocycles. The van der Waals surface area contributed by atoms with Crippen LogP contribution in [-0.2, 0) is 12.8 Å². The first kappa shape index (κ1) is 49.7. The molecule has 2 fully saturated rings. The number of halogens is 4. The summed E-state index contributed by atoms with van der Waals surface area (Å²) in [6, 6.07) is 25.3. The molecule has 2 saturated heterocycles. The Hall–Kier alpha value is -7.16. The van der Waals surface area contributed by atoms with Gasteiger partial charge in [0.15, 0.2) is 11.6 Å². The lowest BCUT2D eigenvalue weighted by Gasteiger charge is -2.29. The molecule has 2 aliphatic heterocycles. The first-order valence-corrected chi connectivity index (χ1v) is 23.3. The molecule has 4 heterocycles. The highest BCUT2D eigenvalue weighted by molar-refractivity contribution is 6.30. The van der Waals surface area contributed by atoms with Gasteiger partial charge in [-0.1, -0.05) is 70.7 Å². The van der Waals surface area contributed by atoms with Crippen molar-refractivity contribution in [1.29, 1.82) is 10.8 Å². The molecule has 2 aromatic heterocycles.